The number of halogens is 1. The molecule has 0 aromatic heterocycles. The minimum Gasteiger partial charge on any atom is -0.370 e. The second-order valence-corrected chi connectivity index (χ2v) is 6.14. The molecule has 98 valence electrons. The van der Waals surface area contributed by atoms with Gasteiger partial charge in [-0.1, -0.05) is 36.6 Å². The first-order valence-corrected chi connectivity index (χ1v) is 7.21. The molecule has 1 aliphatic heterocycles. The van der Waals surface area contributed by atoms with Gasteiger partial charge in [0.2, 0.25) is 0 Å². The zero-order valence-corrected chi connectivity index (χ0v) is 11.5. The number of benzene rings is 1. The Hall–Kier alpha value is -0.570. The number of hydrogen-bond donors (Lipinski definition) is 1. The van der Waals surface area contributed by atoms with E-state index in [1.54, 1.807) is 0 Å². The molecule has 1 heterocycles. The van der Waals surface area contributed by atoms with Crippen LogP contribution in [-0.2, 0) is 4.74 Å². The van der Waals surface area contributed by atoms with E-state index in [0.29, 0.717) is 6.04 Å². The molecule has 1 spiro atoms. The summed E-state index contributed by atoms with van der Waals surface area (Å²) in [7, 11) is 0. The van der Waals surface area contributed by atoms with Gasteiger partial charge in [0.05, 0.1) is 12.7 Å². The summed E-state index contributed by atoms with van der Waals surface area (Å²) >= 11 is 6.06. The largest absolute Gasteiger partial charge is 0.370 e. The number of hydrogen-bond acceptors (Lipinski definition) is 2. The average Bonchev–Trinajstić information content (AvgIpc) is 2.77. The third kappa shape index (κ3) is 2.29. The highest BCUT2D eigenvalue weighted by Crippen LogP contribution is 2.37. The monoisotopic (exact) mass is 265 g/mol. The molecule has 0 bridgehead atoms. The van der Waals surface area contributed by atoms with Gasteiger partial charge in [-0.3, -0.25) is 0 Å². The minimum atomic E-state index is 0.120. The lowest BCUT2D eigenvalue weighted by molar-refractivity contribution is -0.0587. The van der Waals surface area contributed by atoms with Crippen molar-refractivity contribution in [3.63, 3.8) is 0 Å². The highest BCUT2D eigenvalue weighted by molar-refractivity contribution is 6.30. The maximum Gasteiger partial charge on any atom is 0.0976 e. The summed E-state index contributed by atoms with van der Waals surface area (Å²) in [5.41, 5.74) is 1.42. The second-order valence-electron chi connectivity index (χ2n) is 5.71. The third-order valence-electron chi connectivity index (χ3n) is 4.27. The molecule has 0 amide bonds. The molecule has 1 aromatic carbocycles. The summed E-state index contributed by atoms with van der Waals surface area (Å²) in [5, 5.41) is 4.57. The summed E-state index contributed by atoms with van der Waals surface area (Å²) in [5.74, 6) is 0. The van der Waals surface area contributed by atoms with Gasteiger partial charge < -0.3 is 10.1 Å². The van der Waals surface area contributed by atoms with E-state index in [-0.39, 0.29) is 11.6 Å². The van der Waals surface area contributed by atoms with Crippen LogP contribution in [0.1, 0.15) is 44.3 Å². The maximum atomic E-state index is 6.15. The molecular formula is C15H20ClNO. The van der Waals surface area contributed by atoms with Crippen LogP contribution in [0, 0.1) is 0 Å². The molecule has 3 heteroatoms. The van der Waals surface area contributed by atoms with E-state index < -0.39 is 0 Å². The van der Waals surface area contributed by atoms with Crippen LogP contribution in [0.4, 0.5) is 0 Å². The number of morpholine rings is 1. The fourth-order valence-corrected chi connectivity index (χ4v) is 3.60. The molecule has 2 aliphatic rings. The van der Waals surface area contributed by atoms with Gasteiger partial charge >= 0.3 is 0 Å². The van der Waals surface area contributed by atoms with Crippen molar-refractivity contribution in [1.82, 2.24) is 5.32 Å². The Morgan fingerprint density at radius 3 is 2.78 bits per heavy atom. The Balaban J connectivity index is 1.76. The maximum absolute atomic E-state index is 6.15. The standard InChI is InChI=1S/C15H20ClNO/c1-11-14(12-5-4-6-13(16)9-12)18-10-15(17-11)7-2-3-8-15/h4-6,9,11,14,17H,2-3,7-8,10H2,1H3. The molecule has 2 atom stereocenters. The summed E-state index contributed by atoms with van der Waals surface area (Å²) in [4.78, 5) is 0. The van der Waals surface area contributed by atoms with Crippen LogP contribution >= 0.6 is 11.6 Å². The zero-order valence-electron chi connectivity index (χ0n) is 10.8. The van der Waals surface area contributed by atoms with Crippen molar-refractivity contribution in [2.45, 2.75) is 50.3 Å². The van der Waals surface area contributed by atoms with E-state index in [4.69, 9.17) is 16.3 Å². The van der Waals surface area contributed by atoms with Gasteiger partial charge in [-0.05, 0) is 37.5 Å². The Bertz CT molecular complexity index is 428. The van der Waals surface area contributed by atoms with Crippen molar-refractivity contribution in [3.8, 4) is 0 Å². The molecule has 1 aliphatic carbocycles. The minimum absolute atomic E-state index is 0.120. The van der Waals surface area contributed by atoms with Gasteiger partial charge in [0.25, 0.3) is 0 Å². The van der Waals surface area contributed by atoms with E-state index in [0.717, 1.165) is 11.6 Å². The quantitative estimate of drug-likeness (QED) is 0.836. The second kappa shape index (κ2) is 4.84. The molecule has 1 saturated carbocycles. The third-order valence-corrected chi connectivity index (χ3v) is 4.50. The number of ether oxygens (including phenoxy) is 1. The van der Waals surface area contributed by atoms with E-state index in [1.807, 2.05) is 18.2 Å². The molecule has 1 N–H and O–H groups in total. The smallest absolute Gasteiger partial charge is 0.0976 e. The van der Waals surface area contributed by atoms with Crippen LogP contribution in [0.3, 0.4) is 0 Å². The van der Waals surface area contributed by atoms with E-state index in [1.165, 1.54) is 31.2 Å². The lowest BCUT2D eigenvalue weighted by Gasteiger charge is -2.43. The van der Waals surface area contributed by atoms with Crippen LogP contribution in [0.2, 0.25) is 5.02 Å². The molecule has 2 unspecified atom stereocenters. The van der Waals surface area contributed by atoms with Crippen LogP contribution < -0.4 is 5.32 Å². The molecule has 0 radical (unpaired) electrons. The van der Waals surface area contributed by atoms with Crippen molar-refractivity contribution >= 4 is 11.6 Å². The fraction of sp³-hybridized carbons (Fsp3) is 0.600. The fourth-order valence-electron chi connectivity index (χ4n) is 3.40. The van der Waals surface area contributed by atoms with Crippen molar-refractivity contribution < 1.29 is 4.74 Å². The van der Waals surface area contributed by atoms with Crippen LogP contribution in [0.5, 0.6) is 0 Å². The van der Waals surface area contributed by atoms with Crippen LogP contribution in [0.25, 0.3) is 0 Å². The van der Waals surface area contributed by atoms with Crippen LogP contribution in [0.15, 0.2) is 24.3 Å². The zero-order chi connectivity index (χ0) is 12.6. The lowest BCUT2D eigenvalue weighted by Crippen LogP contribution is -2.57. The van der Waals surface area contributed by atoms with Gasteiger partial charge in [0.15, 0.2) is 0 Å². The first-order chi connectivity index (χ1) is 8.69. The molecule has 18 heavy (non-hydrogen) atoms. The Morgan fingerprint density at radius 2 is 2.11 bits per heavy atom. The number of nitrogens with one attached hydrogen (secondary N) is 1. The van der Waals surface area contributed by atoms with Gasteiger partial charge in [-0.15, -0.1) is 0 Å². The Morgan fingerprint density at radius 1 is 1.33 bits per heavy atom. The normalized spacial score (nSPS) is 30.8. The van der Waals surface area contributed by atoms with Crippen molar-refractivity contribution in [2.24, 2.45) is 0 Å². The highest BCUT2D eigenvalue weighted by atomic mass is 35.5. The molecule has 1 aromatic rings. The summed E-state index contributed by atoms with van der Waals surface area (Å²) in [6, 6.07) is 8.35. The van der Waals surface area contributed by atoms with Crippen molar-refractivity contribution in [3.05, 3.63) is 34.9 Å². The van der Waals surface area contributed by atoms with E-state index in [9.17, 15) is 0 Å². The Labute approximate surface area is 114 Å². The average molecular weight is 266 g/mol. The predicted octanol–water partition coefficient (Wildman–Crippen LogP) is 3.70. The highest BCUT2D eigenvalue weighted by Gasteiger charge is 2.41. The molecule has 2 nitrogen and oxygen atoms in total. The summed E-state index contributed by atoms with van der Waals surface area (Å²) < 4.78 is 6.15. The van der Waals surface area contributed by atoms with Gasteiger partial charge in [0, 0.05) is 16.6 Å². The van der Waals surface area contributed by atoms with Gasteiger partial charge in [0.1, 0.15) is 0 Å². The summed E-state index contributed by atoms with van der Waals surface area (Å²) in [6.45, 7) is 3.04. The molecule has 1 saturated heterocycles. The lowest BCUT2D eigenvalue weighted by atomic mass is 9.91. The predicted molar refractivity (Wildman–Crippen MR) is 73.9 cm³/mol. The first-order valence-electron chi connectivity index (χ1n) is 6.83. The molecule has 2 fully saturated rings. The van der Waals surface area contributed by atoms with Gasteiger partial charge in [-0.25, -0.2) is 0 Å². The van der Waals surface area contributed by atoms with Gasteiger partial charge in [-0.2, -0.15) is 0 Å². The van der Waals surface area contributed by atoms with Crippen LogP contribution in [-0.4, -0.2) is 18.2 Å². The molecular weight excluding hydrogens is 246 g/mol. The topological polar surface area (TPSA) is 21.3 Å². The van der Waals surface area contributed by atoms with Crippen molar-refractivity contribution in [1.29, 1.82) is 0 Å². The molecule has 3 rings (SSSR count). The Kier molecular flexibility index (Phi) is 3.35. The first kappa shape index (κ1) is 12.5. The van der Waals surface area contributed by atoms with E-state index in [2.05, 4.69) is 18.3 Å². The van der Waals surface area contributed by atoms with E-state index >= 15 is 0 Å². The SMILES string of the molecule is CC1NC2(CCCC2)COC1c1cccc(Cl)c1. The van der Waals surface area contributed by atoms with Crippen molar-refractivity contribution in [2.75, 3.05) is 6.61 Å². The number of rotatable bonds is 1. The summed E-state index contributed by atoms with van der Waals surface area (Å²) in [6.07, 6.45) is 5.27.